The number of nitrogens with two attached hydrogens (primary N) is 1. The van der Waals surface area contributed by atoms with Crippen molar-refractivity contribution in [3.63, 3.8) is 0 Å². The molecule has 0 bridgehead atoms. The lowest BCUT2D eigenvalue weighted by molar-refractivity contribution is 0.256. The zero-order valence-electron chi connectivity index (χ0n) is 12.8. The molecule has 0 aliphatic heterocycles. The molecular formula is C16H16Cl2N4O2. The Bertz CT molecular complexity index is 751. The molecule has 24 heavy (non-hydrogen) atoms. The highest BCUT2D eigenvalue weighted by molar-refractivity contribution is 6.40. The number of aliphatic imine (C=N–C) groups is 1. The van der Waals surface area contributed by atoms with Gasteiger partial charge < -0.3 is 15.8 Å². The van der Waals surface area contributed by atoms with Gasteiger partial charge in [-0.1, -0.05) is 53.5 Å². The van der Waals surface area contributed by atoms with Gasteiger partial charge in [-0.05, 0) is 17.7 Å². The maximum Gasteiger partial charge on any atom is 0.326 e. The van der Waals surface area contributed by atoms with Gasteiger partial charge in [-0.15, -0.1) is 0 Å². The van der Waals surface area contributed by atoms with Gasteiger partial charge in [-0.2, -0.15) is 0 Å². The van der Waals surface area contributed by atoms with Crippen molar-refractivity contribution >= 4 is 40.9 Å². The number of benzene rings is 2. The van der Waals surface area contributed by atoms with E-state index in [0.29, 0.717) is 12.4 Å². The van der Waals surface area contributed by atoms with Crippen LogP contribution >= 0.6 is 23.2 Å². The van der Waals surface area contributed by atoms with E-state index in [-0.39, 0.29) is 21.7 Å². The van der Waals surface area contributed by atoms with E-state index in [1.54, 1.807) is 12.1 Å². The molecule has 4 N–H and O–H groups in total. The Morgan fingerprint density at radius 2 is 1.92 bits per heavy atom. The first-order chi connectivity index (χ1) is 11.5. The molecule has 0 saturated heterocycles. The zero-order valence-corrected chi connectivity index (χ0v) is 14.4. The molecule has 6 nitrogen and oxygen atoms in total. The number of guanidine groups is 1. The molecule has 2 aromatic carbocycles. The normalized spacial score (nSPS) is 11.0. The maximum absolute atomic E-state index is 11.8. The minimum absolute atomic E-state index is 0.0313. The van der Waals surface area contributed by atoms with Crippen LogP contribution in [0.2, 0.25) is 10.0 Å². The summed E-state index contributed by atoms with van der Waals surface area (Å²) in [5.41, 5.74) is 6.65. The fourth-order valence-electron chi connectivity index (χ4n) is 1.81. The van der Waals surface area contributed by atoms with Crippen LogP contribution in [0.4, 0.5) is 10.5 Å². The summed E-state index contributed by atoms with van der Waals surface area (Å²) in [5.74, 6) is 0.369. The molecular weight excluding hydrogens is 351 g/mol. The smallest absolute Gasteiger partial charge is 0.326 e. The Balaban J connectivity index is 2.13. The fourth-order valence-corrected chi connectivity index (χ4v) is 2.33. The molecule has 0 saturated carbocycles. The topological polar surface area (TPSA) is 88.7 Å². The lowest BCUT2D eigenvalue weighted by Gasteiger charge is -2.14. The first kappa shape index (κ1) is 17.9. The van der Waals surface area contributed by atoms with Gasteiger partial charge in [0.2, 0.25) is 0 Å². The van der Waals surface area contributed by atoms with E-state index in [9.17, 15) is 4.79 Å². The highest BCUT2D eigenvalue weighted by atomic mass is 35.5. The minimum Gasteiger partial charge on any atom is -0.487 e. The van der Waals surface area contributed by atoms with E-state index >= 15 is 0 Å². The molecule has 0 atom stereocenters. The minimum atomic E-state index is -0.609. The van der Waals surface area contributed by atoms with Gasteiger partial charge in [0, 0.05) is 7.05 Å². The van der Waals surface area contributed by atoms with E-state index < -0.39 is 6.03 Å². The van der Waals surface area contributed by atoms with E-state index in [1.807, 2.05) is 30.3 Å². The third kappa shape index (κ3) is 4.78. The third-order valence-electron chi connectivity index (χ3n) is 3.01. The van der Waals surface area contributed by atoms with Crippen molar-refractivity contribution in [1.29, 1.82) is 0 Å². The van der Waals surface area contributed by atoms with Gasteiger partial charge in [0.15, 0.2) is 5.96 Å². The number of nitrogens with one attached hydrogen (secondary N) is 2. The molecule has 0 aliphatic rings. The van der Waals surface area contributed by atoms with Crippen molar-refractivity contribution in [3.05, 3.63) is 58.1 Å². The summed E-state index contributed by atoms with van der Waals surface area (Å²) in [6.07, 6.45) is 0. The number of halogens is 2. The number of hydrogen-bond acceptors (Lipinski definition) is 3. The number of hydrogen-bond donors (Lipinski definition) is 3. The molecule has 126 valence electrons. The second-order valence-electron chi connectivity index (χ2n) is 4.70. The van der Waals surface area contributed by atoms with Crippen LogP contribution in [0.15, 0.2) is 47.5 Å². The lowest BCUT2D eigenvalue weighted by atomic mass is 10.2. The van der Waals surface area contributed by atoms with Gasteiger partial charge in [0.1, 0.15) is 17.4 Å². The van der Waals surface area contributed by atoms with Gasteiger partial charge in [0.05, 0.1) is 10.7 Å². The molecule has 0 fully saturated rings. The number of anilines is 1. The predicted octanol–water partition coefficient (Wildman–Crippen LogP) is 3.64. The van der Waals surface area contributed by atoms with Crippen molar-refractivity contribution < 1.29 is 9.53 Å². The second-order valence-corrected chi connectivity index (χ2v) is 5.48. The van der Waals surface area contributed by atoms with E-state index in [1.165, 1.54) is 7.05 Å². The van der Waals surface area contributed by atoms with Crippen LogP contribution in [-0.2, 0) is 6.61 Å². The van der Waals surface area contributed by atoms with Crippen molar-refractivity contribution in [1.82, 2.24) is 5.32 Å². The summed E-state index contributed by atoms with van der Waals surface area (Å²) in [7, 11) is 1.45. The Morgan fingerprint density at radius 3 is 2.58 bits per heavy atom. The Morgan fingerprint density at radius 1 is 1.21 bits per heavy atom. The number of carbonyl (C=O) groups is 1. The van der Waals surface area contributed by atoms with Crippen molar-refractivity contribution in [3.8, 4) is 5.75 Å². The van der Waals surface area contributed by atoms with Crippen LogP contribution in [0.25, 0.3) is 0 Å². The highest BCUT2D eigenvalue weighted by Crippen LogP contribution is 2.38. The Labute approximate surface area is 149 Å². The van der Waals surface area contributed by atoms with Crippen LogP contribution in [0.1, 0.15) is 5.56 Å². The molecule has 0 aromatic heterocycles. The lowest BCUT2D eigenvalue weighted by Crippen LogP contribution is -2.39. The molecule has 2 amide bonds. The highest BCUT2D eigenvalue weighted by Gasteiger charge is 2.15. The number of amides is 2. The van der Waals surface area contributed by atoms with Gasteiger partial charge in [-0.25, -0.2) is 4.79 Å². The SMILES string of the molecule is CN=C(N)NC(=O)Nc1c(Cl)ccc(OCc2ccccc2)c1Cl. The first-order valence-electron chi connectivity index (χ1n) is 6.96. The predicted molar refractivity (Wildman–Crippen MR) is 96.9 cm³/mol. The molecule has 0 aliphatic carbocycles. The number of carbonyl (C=O) groups excluding carboxylic acids is 1. The van der Waals surface area contributed by atoms with Gasteiger partial charge in [0.25, 0.3) is 0 Å². The van der Waals surface area contributed by atoms with E-state index in [0.717, 1.165) is 5.56 Å². The summed E-state index contributed by atoms with van der Waals surface area (Å²) >= 11 is 12.4. The van der Waals surface area contributed by atoms with Crippen molar-refractivity contribution in [2.75, 3.05) is 12.4 Å². The second kappa shape index (κ2) is 8.42. The Kier molecular flexibility index (Phi) is 6.28. The van der Waals surface area contributed by atoms with Crippen LogP contribution in [0, 0.1) is 0 Å². The van der Waals surface area contributed by atoms with Crippen LogP contribution in [0.3, 0.4) is 0 Å². The fraction of sp³-hybridized carbons (Fsp3) is 0.125. The maximum atomic E-state index is 11.8. The number of urea groups is 1. The molecule has 0 radical (unpaired) electrons. The monoisotopic (exact) mass is 366 g/mol. The van der Waals surface area contributed by atoms with E-state index in [2.05, 4.69) is 15.6 Å². The van der Waals surface area contributed by atoms with E-state index in [4.69, 9.17) is 33.7 Å². The van der Waals surface area contributed by atoms with Crippen molar-refractivity contribution in [2.24, 2.45) is 10.7 Å². The van der Waals surface area contributed by atoms with Crippen LogP contribution < -0.4 is 21.1 Å². The summed E-state index contributed by atoms with van der Waals surface area (Å²) < 4.78 is 5.69. The summed E-state index contributed by atoms with van der Waals surface area (Å²) in [6, 6.07) is 12.2. The molecule has 0 heterocycles. The summed E-state index contributed by atoms with van der Waals surface area (Å²) in [5, 5.41) is 5.32. The molecule has 0 spiro atoms. The molecule has 0 unspecified atom stereocenters. The Hall–Kier alpha value is -2.44. The zero-order chi connectivity index (χ0) is 17.5. The largest absolute Gasteiger partial charge is 0.487 e. The number of rotatable bonds is 4. The summed E-state index contributed by atoms with van der Waals surface area (Å²) in [6.45, 7) is 0.337. The standard InChI is InChI=1S/C16H16Cl2N4O2/c1-20-15(19)22-16(23)21-14-11(17)7-8-12(13(14)18)24-9-10-5-3-2-4-6-10/h2-8H,9H2,1H3,(H4,19,20,21,22,23). The van der Waals surface area contributed by atoms with Gasteiger partial charge >= 0.3 is 6.03 Å². The number of nitrogens with zero attached hydrogens (tertiary/aromatic N) is 1. The van der Waals surface area contributed by atoms with Crippen molar-refractivity contribution in [2.45, 2.75) is 6.61 Å². The number of ether oxygens (including phenoxy) is 1. The molecule has 8 heteroatoms. The third-order valence-corrected chi connectivity index (χ3v) is 3.70. The van der Waals surface area contributed by atoms with Crippen LogP contribution in [0.5, 0.6) is 5.75 Å². The van der Waals surface area contributed by atoms with Gasteiger partial charge in [-0.3, -0.25) is 10.3 Å². The average molecular weight is 367 g/mol. The first-order valence-corrected chi connectivity index (χ1v) is 7.72. The average Bonchev–Trinajstić information content (AvgIpc) is 2.58. The van der Waals surface area contributed by atoms with Crippen LogP contribution in [-0.4, -0.2) is 19.0 Å². The molecule has 2 rings (SSSR count). The molecule has 2 aromatic rings. The quantitative estimate of drug-likeness (QED) is 0.569. The summed E-state index contributed by atoms with van der Waals surface area (Å²) in [4.78, 5) is 15.5.